The van der Waals surface area contributed by atoms with Crippen LogP contribution in [0.3, 0.4) is 0 Å². The third-order valence-corrected chi connectivity index (χ3v) is 4.45. The Bertz CT molecular complexity index is 1010. The van der Waals surface area contributed by atoms with Gasteiger partial charge < -0.3 is 4.74 Å². The zero-order chi connectivity index (χ0) is 16.5. The second kappa shape index (κ2) is 5.82. The largest absolute Gasteiger partial charge is 0.422 e. The van der Waals surface area contributed by atoms with Gasteiger partial charge in [0.05, 0.1) is 5.69 Å². The van der Waals surface area contributed by atoms with Crippen LogP contribution in [0.1, 0.15) is 9.67 Å². The van der Waals surface area contributed by atoms with Crippen molar-refractivity contribution >= 4 is 27.4 Å². The number of esters is 1. The van der Waals surface area contributed by atoms with Gasteiger partial charge >= 0.3 is 5.97 Å². The smallest absolute Gasteiger partial charge is 0.353 e. The summed E-state index contributed by atoms with van der Waals surface area (Å²) in [5.74, 6) is -0.492. The van der Waals surface area contributed by atoms with Crippen molar-refractivity contribution in [2.24, 2.45) is 0 Å². The number of ether oxygens (including phenoxy) is 1. The van der Waals surface area contributed by atoms with Crippen LogP contribution in [-0.2, 0) is 0 Å². The molecule has 8 heteroatoms. The SMILES string of the molecule is O=C(Oc1ccc(-n2cnnn2)cc1)c1cc2c(F)cccc2s1. The minimum Gasteiger partial charge on any atom is -0.422 e. The molecule has 4 aromatic rings. The van der Waals surface area contributed by atoms with Crippen LogP contribution >= 0.6 is 11.3 Å². The Hall–Kier alpha value is -3.13. The number of thiophene rings is 1. The zero-order valence-electron chi connectivity index (χ0n) is 12.1. The molecule has 0 aliphatic carbocycles. The van der Waals surface area contributed by atoms with E-state index in [4.69, 9.17) is 4.74 Å². The van der Waals surface area contributed by atoms with Gasteiger partial charge in [0, 0.05) is 10.1 Å². The molecule has 0 radical (unpaired) electrons. The predicted molar refractivity (Wildman–Crippen MR) is 85.9 cm³/mol. The van der Waals surface area contributed by atoms with Crippen LogP contribution in [0.4, 0.5) is 4.39 Å². The fourth-order valence-corrected chi connectivity index (χ4v) is 3.18. The fourth-order valence-electron chi connectivity index (χ4n) is 2.23. The lowest BCUT2D eigenvalue weighted by atomic mass is 10.2. The second-order valence-corrected chi connectivity index (χ2v) is 5.98. The molecule has 6 nitrogen and oxygen atoms in total. The quantitative estimate of drug-likeness (QED) is 0.423. The van der Waals surface area contributed by atoms with Crippen LogP contribution in [0.2, 0.25) is 0 Å². The molecule has 0 saturated heterocycles. The summed E-state index contributed by atoms with van der Waals surface area (Å²) < 4.78 is 21.2. The van der Waals surface area contributed by atoms with Crippen molar-refractivity contribution < 1.29 is 13.9 Å². The number of carbonyl (C=O) groups excluding carboxylic acids is 1. The molecule has 0 aliphatic heterocycles. The first-order valence-corrected chi connectivity index (χ1v) is 7.76. The van der Waals surface area contributed by atoms with Crippen LogP contribution in [0, 0.1) is 5.82 Å². The summed E-state index contributed by atoms with van der Waals surface area (Å²) in [5, 5.41) is 11.3. The van der Waals surface area contributed by atoms with E-state index in [1.165, 1.54) is 34.5 Å². The lowest BCUT2D eigenvalue weighted by Crippen LogP contribution is -2.06. The maximum absolute atomic E-state index is 13.7. The molecular formula is C16H9FN4O2S. The van der Waals surface area contributed by atoms with E-state index in [0.717, 1.165) is 5.69 Å². The molecule has 118 valence electrons. The summed E-state index contributed by atoms with van der Waals surface area (Å²) in [5.41, 5.74) is 0.740. The molecule has 2 aromatic heterocycles. The van der Waals surface area contributed by atoms with E-state index in [-0.39, 0.29) is 5.82 Å². The molecule has 0 saturated carbocycles. The fraction of sp³-hybridized carbons (Fsp3) is 0. The number of tetrazole rings is 1. The van der Waals surface area contributed by atoms with E-state index >= 15 is 0 Å². The molecular weight excluding hydrogens is 331 g/mol. The Balaban J connectivity index is 1.55. The van der Waals surface area contributed by atoms with Gasteiger partial charge in [-0.3, -0.25) is 0 Å². The van der Waals surface area contributed by atoms with Crippen LogP contribution in [0.25, 0.3) is 15.8 Å². The van der Waals surface area contributed by atoms with Gasteiger partial charge in [0.1, 0.15) is 22.8 Å². The van der Waals surface area contributed by atoms with Crippen molar-refractivity contribution in [1.29, 1.82) is 0 Å². The van der Waals surface area contributed by atoms with Gasteiger partial charge in [-0.25, -0.2) is 13.9 Å². The van der Waals surface area contributed by atoms with E-state index in [1.54, 1.807) is 36.4 Å². The Morgan fingerprint density at radius 3 is 2.71 bits per heavy atom. The molecule has 0 atom stereocenters. The summed E-state index contributed by atoms with van der Waals surface area (Å²) in [7, 11) is 0. The van der Waals surface area contributed by atoms with Gasteiger partial charge in [-0.15, -0.1) is 16.4 Å². The molecule has 4 rings (SSSR count). The number of benzene rings is 2. The molecule has 0 spiro atoms. The first-order chi connectivity index (χ1) is 11.7. The first-order valence-electron chi connectivity index (χ1n) is 6.94. The number of fused-ring (bicyclic) bond motifs is 1. The second-order valence-electron chi connectivity index (χ2n) is 4.90. The van der Waals surface area contributed by atoms with Crippen molar-refractivity contribution in [3.8, 4) is 11.4 Å². The van der Waals surface area contributed by atoms with E-state index in [9.17, 15) is 9.18 Å². The lowest BCUT2D eigenvalue weighted by molar-refractivity contribution is 0.0740. The van der Waals surface area contributed by atoms with Gasteiger partial charge in [-0.2, -0.15) is 0 Å². The van der Waals surface area contributed by atoms with E-state index in [2.05, 4.69) is 15.5 Å². The highest BCUT2D eigenvalue weighted by molar-refractivity contribution is 7.20. The summed E-state index contributed by atoms with van der Waals surface area (Å²) in [6, 6.07) is 13.0. The average molecular weight is 340 g/mol. The number of hydrogen-bond acceptors (Lipinski definition) is 6. The normalized spacial score (nSPS) is 10.9. The number of hydrogen-bond donors (Lipinski definition) is 0. The summed E-state index contributed by atoms with van der Waals surface area (Å²) in [6.45, 7) is 0. The van der Waals surface area contributed by atoms with Crippen LogP contribution in [0.15, 0.2) is 54.9 Å². The minimum atomic E-state index is -0.522. The molecule has 0 aliphatic rings. The Morgan fingerprint density at radius 1 is 1.17 bits per heavy atom. The van der Waals surface area contributed by atoms with Crippen molar-refractivity contribution in [2.45, 2.75) is 0 Å². The first kappa shape index (κ1) is 14.5. The third-order valence-electron chi connectivity index (χ3n) is 3.37. The van der Waals surface area contributed by atoms with Crippen LogP contribution < -0.4 is 4.74 Å². The van der Waals surface area contributed by atoms with E-state index in [1.807, 2.05) is 0 Å². The van der Waals surface area contributed by atoms with E-state index < -0.39 is 5.97 Å². The summed E-state index contributed by atoms with van der Waals surface area (Å²) >= 11 is 1.19. The van der Waals surface area contributed by atoms with E-state index in [0.29, 0.717) is 20.7 Å². The van der Waals surface area contributed by atoms with Gasteiger partial charge in [-0.1, -0.05) is 6.07 Å². The Labute approximate surface area is 139 Å². The predicted octanol–water partition coefficient (Wildman–Crippen LogP) is 3.24. The maximum Gasteiger partial charge on any atom is 0.353 e. The summed E-state index contributed by atoms with van der Waals surface area (Å²) in [4.78, 5) is 12.6. The van der Waals surface area contributed by atoms with Gasteiger partial charge in [0.25, 0.3) is 0 Å². The molecule has 2 heterocycles. The average Bonchev–Trinajstić information content (AvgIpc) is 3.26. The number of nitrogens with zero attached hydrogens (tertiary/aromatic N) is 4. The third kappa shape index (κ3) is 2.63. The van der Waals surface area contributed by atoms with Crippen LogP contribution in [-0.4, -0.2) is 26.2 Å². The maximum atomic E-state index is 13.7. The Morgan fingerprint density at radius 2 is 2.00 bits per heavy atom. The van der Waals surface area contributed by atoms with Crippen molar-refractivity contribution in [3.05, 3.63) is 65.6 Å². The van der Waals surface area contributed by atoms with Gasteiger partial charge in [0.15, 0.2) is 0 Å². The van der Waals surface area contributed by atoms with Crippen LogP contribution in [0.5, 0.6) is 5.75 Å². The zero-order valence-corrected chi connectivity index (χ0v) is 12.9. The number of aromatic nitrogens is 4. The highest BCUT2D eigenvalue weighted by Crippen LogP contribution is 2.28. The molecule has 0 bridgehead atoms. The van der Waals surface area contributed by atoms with Crippen molar-refractivity contribution in [1.82, 2.24) is 20.2 Å². The van der Waals surface area contributed by atoms with Crippen molar-refractivity contribution in [3.63, 3.8) is 0 Å². The monoisotopic (exact) mass is 340 g/mol. The Kier molecular flexibility index (Phi) is 3.51. The minimum absolute atomic E-state index is 0.347. The number of rotatable bonds is 3. The van der Waals surface area contributed by atoms with Gasteiger partial charge in [-0.05, 0) is 52.9 Å². The molecule has 0 amide bonds. The number of halogens is 1. The van der Waals surface area contributed by atoms with Crippen molar-refractivity contribution in [2.75, 3.05) is 0 Å². The molecule has 2 aromatic carbocycles. The molecule has 24 heavy (non-hydrogen) atoms. The number of carbonyl (C=O) groups is 1. The summed E-state index contributed by atoms with van der Waals surface area (Å²) in [6.07, 6.45) is 1.47. The highest BCUT2D eigenvalue weighted by Gasteiger charge is 2.14. The molecule has 0 N–H and O–H groups in total. The standard InChI is InChI=1S/C16H9FN4O2S/c17-13-2-1-3-14-12(13)8-15(24-14)16(22)23-11-6-4-10(5-7-11)21-9-18-19-20-21/h1-9H. The van der Waals surface area contributed by atoms with Gasteiger partial charge in [0.2, 0.25) is 0 Å². The topological polar surface area (TPSA) is 69.9 Å². The lowest BCUT2D eigenvalue weighted by Gasteiger charge is -2.04. The highest BCUT2D eigenvalue weighted by atomic mass is 32.1. The molecule has 0 fully saturated rings. The molecule has 0 unspecified atom stereocenters.